The smallest absolute Gasteiger partial charge is 0.109 e. The van der Waals surface area contributed by atoms with Gasteiger partial charge in [-0.25, -0.2) is 4.98 Å². The van der Waals surface area contributed by atoms with Crippen LogP contribution < -0.4 is 0 Å². The van der Waals surface area contributed by atoms with Crippen LogP contribution in [-0.4, -0.2) is 45.8 Å². The first-order valence-corrected chi connectivity index (χ1v) is 6.09. The molecule has 1 aliphatic heterocycles. The number of piperidine rings is 1. The predicted octanol–water partition coefficient (Wildman–Crippen LogP) is 0.667. The summed E-state index contributed by atoms with van der Waals surface area (Å²) in [7, 11) is 2.04. The van der Waals surface area contributed by atoms with E-state index in [1.54, 1.807) is 0 Å². The molecule has 1 N–H and O–H groups in total. The van der Waals surface area contributed by atoms with Crippen LogP contribution in [0.4, 0.5) is 0 Å². The van der Waals surface area contributed by atoms with Gasteiger partial charge in [-0.2, -0.15) is 0 Å². The molecular weight excluding hydrogens is 202 g/mol. The van der Waals surface area contributed by atoms with Gasteiger partial charge < -0.3 is 14.6 Å². The van der Waals surface area contributed by atoms with E-state index in [1.165, 1.54) is 19.4 Å². The fourth-order valence-electron chi connectivity index (χ4n) is 2.40. The van der Waals surface area contributed by atoms with E-state index in [4.69, 9.17) is 5.11 Å². The fraction of sp³-hybridized carbons (Fsp3) is 0.750. The molecule has 1 aliphatic rings. The molecule has 2 heterocycles. The molecule has 0 aromatic carbocycles. The van der Waals surface area contributed by atoms with E-state index in [1.807, 2.05) is 19.4 Å². The van der Waals surface area contributed by atoms with Crippen LogP contribution in [-0.2, 0) is 13.5 Å². The first-order valence-electron chi connectivity index (χ1n) is 6.09. The van der Waals surface area contributed by atoms with Crippen molar-refractivity contribution < 1.29 is 5.11 Å². The van der Waals surface area contributed by atoms with Gasteiger partial charge in [0.25, 0.3) is 0 Å². The predicted molar refractivity (Wildman–Crippen MR) is 63.2 cm³/mol. The summed E-state index contributed by atoms with van der Waals surface area (Å²) in [6.45, 7) is 3.60. The van der Waals surface area contributed by atoms with Gasteiger partial charge in [0, 0.05) is 45.6 Å². The van der Waals surface area contributed by atoms with Crippen molar-refractivity contribution in [2.24, 2.45) is 13.0 Å². The standard InChI is InChI=1S/C12H21N3O/c1-14-8-5-13-12(14)4-7-15-6-2-3-11(9-15)10-16/h5,8,11,16H,2-4,6-7,9-10H2,1H3. The number of aliphatic hydroxyl groups is 1. The van der Waals surface area contributed by atoms with Gasteiger partial charge in [-0.05, 0) is 25.3 Å². The topological polar surface area (TPSA) is 41.3 Å². The van der Waals surface area contributed by atoms with Crippen LogP contribution in [0.25, 0.3) is 0 Å². The lowest BCUT2D eigenvalue weighted by atomic mass is 9.99. The van der Waals surface area contributed by atoms with Crippen molar-refractivity contribution in [3.8, 4) is 0 Å². The van der Waals surface area contributed by atoms with Crippen molar-refractivity contribution in [2.45, 2.75) is 19.3 Å². The minimum absolute atomic E-state index is 0.332. The zero-order valence-corrected chi connectivity index (χ0v) is 9.97. The quantitative estimate of drug-likeness (QED) is 0.815. The molecule has 4 nitrogen and oxygen atoms in total. The summed E-state index contributed by atoms with van der Waals surface area (Å²) in [6.07, 6.45) is 7.23. The molecule has 0 bridgehead atoms. The molecule has 90 valence electrons. The van der Waals surface area contributed by atoms with Crippen LogP contribution in [0.3, 0.4) is 0 Å². The molecular formula is C12H21N3O. The van der Waals surface area contributed by atoms with Crippen molar-refractivity contribution in [3.05, 3.63) is 18.2 Å². The summed E-state index contributed by atoms with van der Waals surface area (Å²) in [4.78, 5) is 6.77. The SMILES string of the molecule is Cn1ccnc1CCN1CCCC(CO)C1. The normalized spacial score (nSPS) is 22.5. The van der Waals surface area contributed by atoms with Gasteiger partial charge in [-0.3, -0.25) is 0 Å². The number of nitrogens with zero attached hydrogens (tertiary/aromatic N) is 3. The zero-order chi connectivity index (χ0) is 11.4. The van der Waals surface area contributed by atoms with Crippen LogP contribution in [0.2, 0.25) is 0 Å². The number of hydrogen-bond acceptors (Lipinski definition) is 3. The van der Waals surface area contributed by atoms with Crippen molar-refractivity contribution >= 4 is 0 Å². The number of rotatable bonds is 4. The number of imidazole rings is 1. The Balaban J connectivity index is 1.79. The van der Waals surface area contributed by atoms with Gasteiger partial charge in [0.2, 0.25) is 0 Å². The van der Waals surface area contributed by atoms with Crippen LogP contribution in [0.15, 0.2) is 12.4 Å². The van der Waals surface area contributed by atoms with Crippen LogP contribution in [0.5, 0.6) is 0 Å². The summed E-state index contributed by atoms with van der Waals surface area (Å²) < 4.78 is 2.08. The van der Waals surface area contributed by atoms with Gasteiger partial charge in [-0.15, -0.1) is 0 Å². The van der Waals surface area contributed by atoms with Crippen molar-refractivity contribution in [2.75, 3.05) is 26.2 Å². The molecule has 1 unspecified atom stereocenters. The fourth-order valence-corrected chi connectivity index (χ4v) is 2.40. The molecule has 16 heavy (non-hydrogen) atoms. The molecule has 2 rings (SSSR count). The first kappa shape index (κ1) is 11.6. The van der Waals surface area contributed by atoms with Crippen molar-refractivity contribution in [1.82, 2.24) is 14.5 Å². The molecule has 0 spiro atoms. The average molecular weight is 223 g/mol. The Labute approximate surface area is 96.9 Å². The molecule has 1 aromatic heterocycles. The van der Waals surface area contributed by atoms with Crippen LogP contribution in [0, 0.1) is 5.92 Å². The third kappa shape index (κ3) is 2.83. The highest BCUT2D eigenvalue weighted by atomic mass is 16.3. The van der Waals surface area contributed by atoms with E-state index in [2.05, 4.69) is 14.5 Å². The highest BCUT2D eigenvalue weighted by Gasteiger charge is 2.18. The Hall–Kier alpha value is -0.870. The van der Waals surface area contributed by atoms with Crippen molar-refractivity contribution in [1.29, 1.82) is 0 Å². The van der Waals surface area contributed by atoms with Gasteiger partial charge in [0.15, 0.2) is 0 Å². The number of likely N-dealkylation sites (tertiary alicyclic amines) is 1. The van der Waals surface area contributed by atoms with E-state index in [0.29, 0.717) is 12.5 Å². The lowest BCUT2D eigenvalue weighted by Gasteiger charge is -2.31. The molecule has 1 fully saturated rings. The van der Waals surface area contributed by atoms with Crippen LogP contribution in [0.1, 0.15) is 18.7 Å². The third-order valence-corrected chi connectivity index (χ3v) is 3.43. The Morgan fingerprint density at radius 2 is 2.44 bits per heavy atom. The number of aryl methyl sites for hydroxylation is 1. The molecule has 1 aromatic rings. The van der Waals surface area contributed by atoms with E-state index in [9.17, 15) is 0 Å². The lowest BCUT2D eigenvalue weighted by molar-refractivity contribution is 0.121. The second-order valence-corrected chi connectivity index (χ2v) is 4.70. The van der Waals surface area contributed by atoms with E-state index in [0.717, 1.165) is 25.3 Å². The second kappa shape index (κ2) is 5.46. The van der Waals surface area contributed by atoms with Gasteiger partial charge in [0.05, 0.1) is 0 Å². The minimum Gasteiger partial charge on any atom is -0.396 e. The van der Waals surface area contributed by atoms with Gasteiger partial charge in [-0.1, -0.05) is 0 Å². The highest BCUT2D eigenvalue weighted by Crippen LogP contribution is 2.15. The summed E-state index contributed by atoms with van der Waals surface area (Å²) in [6, 6.07) is 0. The molecule has 1 atom stereocenters. The number of aromatic nitrogens is 2. The third-order valence-electron chi connectivity index (χ3n) is 3.43. The Morgan fingerprint density at radius 1 is 1.56 bits per heavy atom. The Kier molecular flexibility index (Phi) is 3.96. The van der Waals surface area contributed by atoms with Crippen LogP contribution >= 0.6 is 0 Å². The molecule has 1 saturated heterocycles. The zero-order valence-electron chi connectivity index (χ0n) is 9.97. The minimum atomic E-state index is 0.332. The van der Waals surface area contributed by atoms with E-state index in [-0.39, 0.29) is 0 Å². The van der Waals surface area contributed by atoms with Crippen molar-refractivity contribution in [3.63, 3.8) is 0 Å². The average Bonchev–Trinajstić information content (AvgIpc) is 2.72. The monoisotopic (exact) mass is 223 g/mol. The molecule has 0 amide bonds. The number of hydrogen-bond donors (Lipinski definition) is 1. The summed E-state index contributed by atoms with van der Waals surface area (Å²) in [5.74, 6) is 1.63. The Morgan fingerprint density at radius 3 is 3.12 bits per heavy atom. The largest absolute Gasteiger partial charge is 0.396 e. The molecule has 4 heteroatoms. The summed E-state index contributed by atoms with van der Waals surface area (Å²) in [5, 5.41) is 9.16. The highest BCUT2D eigenvalue weighted by molar-refractivity contribution is 4.92. The first-order chi connectivity index (χ1) is 7.79. The van der Waals surface area contributed by atoms with E-state index >= 15 is 0 Å². The molecule has 0 saturated carbocycles. The number of aliphatic hydroxyl groups excluding tert-OH is 1. The van der Waals surface area contributed by atoms with Gasteiger partial charge in [0.1, 0.15) is 5.82 Å². The Bertz CT molecular complexity index is 324. The maximum absolute atomic E-state index is 9.16. The summed E-state index contributed by atoms with van der Waals surface area (Å²) >= 11 is 0. The second-order valence-electron chi connectivity index (χ2n) is 4.70. The van der Waals surface area contributed by atoms with Gasteiger partial charge >= 0.3 is 0 Å². The molecule has 0 radical (unpaired) electrons. The maximum Gasteiger partial charge on any atom is 0.109 e. The van der Waals surface area contributed by atoms with E-state index < -0.39 is 0 Å². The lowest BCUT2D eigenvalue weighted by Crippen LogP contribution is -2.38. The maximum atomic E-state index is 9.16. The summed E-state index contributed by atoms with van der Waals surface area (Å²) in [5.41, 5.74) is 0. The molecule has 0 aliphatic carbocycles.